The van der Waals surface area contributed by atoms with Crippen molar-refractivity contribution in [2.75, 3.05) is 5.01 Å². The molecule has 0 saturated carbocycles. The van der Waals surface area contributed by atoms with Crippen LogP contribution in [-0.4, -0.2) is 21.9 Å². The Balaban J connectivity index is 1.95. The first-order valence-electron chi connectivity index (χ1n) is 8.29. The second-order valence-electron chi connectivity index (χ2n) is 6.39. The number of nitrogens with zero attached hydrogens (tertiary/aromatic N) is 3. The lowest BCUT2D eigenvalue weighted by Gasteiger charge is -2.25. The van der Waals surface area contributed by atoms with Crippen LogP contribution in [0.3, 0.4) is 0 Å². The van der Waals surface area contributed by atoms with Crippen LogP contribution in [-0.2, 0) is 0 Å². The molecule has 8 nitrogen and oxygen atoms in total. The highest BCUT2D eigenvalue weighted by Crippen LogP contribution is 2.39. The highest BCUT2D eigenvalue weighted by molar-refractivity contribution is 6.37. The van der Waals surface area contributed by atoms with E-state index in [1.807, 2.05) is 13.8 Å². The Labute approximate surface area is 170 Å². The number of carbonyl (C=O) groups is 1. The minimum Gasteiger partial charge on any atom is -0.434 e. The number of H-pyrrole nitrogens is 1. The lowest BCUT2D eigenvalue weighted by Crippen LogP contribution is -2.42. The van der Waals surface area contributed by atoms with Crippen molar-refractivity contribution in [3.05, 3.63) is 56.4 Å². The third-order valence-electron chi connectivity index (χ3n) is 4.00. The molecule has 0 unspecified atom stereocenters. The van der Waals surface area contributed by atoms with Gasteiger partial charge in [-0.1, -0.05) is 43.6 Å². The van der Waals surface area contributed by atoms with E-state index < -0.39 is 6.03 Å². The van der Waals surface area contributed by atoms with Crippen molar-refractivity contribution in [2.45, 2.75) is 26.7 Å². The Morgan fingerprint density at radius 2 is 1.82 bits per heavy atom. The number of hydrazone groups is 1. The SMILES string of the molecule is C=C1NC(=O)N(c2cc(Cl)c(Oc3cc(C(C)C)c(=O)[nH]n3)c(Cl)c2)N=C1C. The number of aromatic amines is 1. The molecule has 0 atom stereocenters. The van der Waals surface area contributed by atoms with Gasteiger partial charge in [-0.3, -0.25) is 4.79 Å². The third-order valence-corrected chi connectivity index (χ3v) is 4.56. The van der Waals surface area contributed by atoms with Crippen LogP contribution in [0.5, 0.6) is 11.6 Å². The fourth-order valence-corrected chi connectivity index (χ4v) is 3.01. The van der Waals surface area contributed by atoms with Crippen LogP contribution >= 0.6 is 23.2 Å². The molecule has 0 spiro atoms. The molecule has 1 aromatic heterocycles. The minimum absolute atomic E-state index is 0.0177. The average Bonchev–Trinajstić information content (AvgIpc) is 2.62. The number of urea groups is 1. The molecule has 2 amide bonds. The van der Waals surface area contributed by atoms with E-state index in [0.29, 0.717) is 22.7 Å². The Morgan fingerprint density at radius 3 is 2.43 bits per heavy atom. The predicted molar refractivity (Wildman–Crippen MR) is 109 cm³/mol. The van der Waals surface area contributed by atoms with Crippen LogP contribution in [0.15, 0.2) is 40.4 Å². The van der Waals surface area contributed by atoms with Crippen molar-refractivity contribution < 1.29 is 9.53 Å². The van der Waals surface area contributed by atoms with Crippen molar-refractivity contribution in [1.82, 2.24) is 15.5 Å². The molecule has 28 heavy (non-hydrogen) atoms. The fraction of sp³-hybridized carbons (Fsp3) is 0.222. The zero-order valence-corrected chi connectivity index (χ0v) is 16.9. The summed E-state index contributed by atoms with van der Waals surface area (Å²) in [4.78, 5) is 24.0. The van der Waals surface area contributed by atoms with Gasteiger partial charge in [0.25, 0.3) is 5.56 Å². The van der Waals surface area contributed by atoms with Crippen LogP contribution in [0.25, 0.3) is 0 Å². The van der Waals surface area contributed by atoms with Crippen LogP contribution in [0, 0.1) is 0 Å². The zero-order valence-electron chi connectivity index (χ0n) is 15.3. The standard InChI is InChI=1S/C18H17Cl2N5O3/c1-8(2)12-7-15(22-23-17(12)26)28-16-13(19)5-11(6-14(16)20)25-18(27)21-9(3)10(4)24-25/h5-8H,3H2,1-2,4H3,(H,21,27)(H,23,26). The third kappa shape index (κ3) is 3.88. The quantitative estimate of drug-likeness (QED) is 0.762. The molecule has 146 valence electrons. The number of anilines is 1. The molecule has 0 aliphatic carbocycles. The van der Waals surface area contributed by atoms with Crippen molar-refractivity contribution in [3.63, 3.8) is 0 Å². The number of nitrogens with one attached hydrogen (secondary N) is 2. The molecule has 0 saturated heterocycles. The number of amides is 2. The molecular formula is C18H17Cl2N5O3. The van der Waals surface area contributed by atoms with Gasteiger partial charge in [0.2, 0.25) is 5.88 Å². The largest absolute Gasteiger partial charge is 0.434 e. The topological polar surface area (TPSA) is 99.7 Å². The molecule has 3 rings (SSSR count). The normalized spacial score (nSPS) is 14.2. The lowest BCUT2D eigenvalue weighted by molar-refractivity contribution is 0.248. The highest BCUT2D eigenvalue weighted by Gasteiger charge is 2.24. The van der Waals surface area contributed by atoms with Gasteiger partial charge in [-0.05, 0) is 25.0 Å². The van der Waals surface area contributed by atoms with Gasteiger partial charge in [-0.25, -0.2) is 9.89 Å². The molecule has 10 heteroatoms. The smallest absolute Gasteiger partial charge is 0.347 e. The van der Waals surface area contributed by atoms with Crippen molar-refractivity contribution in [3.8, 4) is 11.6 Å². The monoisotopic (exact) mass is 421 g/mol. The molecule has 0 fully saturated rings. The van der Waals surface area contributed by atoms with Gasteiger partial charge in [0.15, 0.2) is 5.75 Å². The first-order valence-corrected chi connectivity index (χ1v) is 9.05. The summed E-state index contributed by atoms with van der Waals surface area (Å²) in [5, 5.41) is 14.4. The first kappa shape index (κ1) is 19.9. The van der Waals surface area contributed by atoms with E-state index in [-0.39, 0.29) is 33.2 Å². The van der Waals surface area contributed by atoms with Crippen LogP contribution in [0.1, 0.15) is 32.3 Å². The number of hydrogen-bond donors (Lipinski definition) is 2. The van der Waals surface area contributed by atoms with E-state index in [1.54, 1.807) is 6.92 Å². The number of aromatic nitrogens is 2. The summed E-state index contributed by atoms with van der Waals surface area (Å²) in [5.74, 6) is 0.264. The maximum absolute atomic E-state index is 12.2. The molecule has 0 radical (unpaired) electrons. The Morgan fingerprint density at radius 1 is 1.18 bits per heavy atom. The first-order chi connectivity index (χ1) is 13.2. The van der Waals surface area contributed by atoms with Crippen molar-refractivity contribution in [1.29, 1.82) is 0 Å². The summed E-state index contributed by atoms with van der Waals surface area (Å²) in [5.41, 5.74) is 1.54. The highest BCUT2D eigenvalue weighted by atomic mass is 35.5. The molecule has 0 bridgehead atoms. The molecule has 2 heterocycles. The van der Waals surface area contributed by atoms with Gasteiger partial charge in [-0.15, -0.1) is 5.10 Å². The van der Waals surface area contributed by atoms with Crippen molar-refractivity contribution in [2.24, 2.45) is 5.10 Å². The van der Waals surface area contributed by atoms with Crippen LogP contribution in [0.2, 0.25) is 10.0 Å². The summed E-state index contributed by atoms with van der Waals surface area (Å²) in [6.07, 6.45) is 0. The van der Waals surface area contributed by atoms with Gasteiger partial charge in [0.1, 0.15) is 0 Å². The van der Waals surface area contributed by atoms with Gasteiger partial charge >= 0.3 is 6.03 Å². The predicted octanol–water partition coefficient (Wildman–Crippen LogP) is 4.41. The second-order valence-corrected chi connectivity index (χ2v) is 7.21. The van der Waals surface area contributed by atoms with Gasteiger partial charge in [-0.2, -0.15) is 10.1 Å². The number of carbonyl (C=O) groups excluding carboxylic acids is 1. The Bertz CT molecular complexity index is 1040. The van der Waals surface area contributed by atoms with Crippen molar-refractivity contribution >= 4 is 40.6 Å². The zero-order chi connectivity index (χ0) is 20.6. The van der Waals surface area contributed by atoms with Gasteiger partial charge < -0.3 is 10.1 Å². The summed E-state index contributed by atoms with van der Waals surface area (Å²) in [6.45, 7) is 9.17. The van der Waals surface area contributed by atoms with E-state index in [2.05, 4.69) is 27.2 Å². The summed E-state index contributed by atoms with van der Waals surface area (Å²) < 4.78 is 5.68. The summed E-state index contributed by atoms with van der Waals surface area (Å²) in [7, 11) is 0. The number of allylic oxidation sites excluding steroid dienone is 1. The van der Waals surface area contributed by atoms with Crippen LogP contribution in [0.4, 0.5) is 10.5 Å². The second kappa shape index (κ2) is 7.65. The minimum atomic E-state index is -0.486. The lowest BCUT2D eigenvalue weighted by atomic mass is 10.1. The summed E-state index contributed by atoms with van der Waals surface area (Å²) >= 11 is 12.6. The maximum atomic E-state index is 12.2. The Hall–Kier alpha value is -2.84. The molecule has 1 aliphatic rings. The van der Waals surface area contributed by atoms with E-state index in [4.69, 9.17) is 27.9 Å². The van der Waals surface area contributed by atoms with Crippen LogP contribution < -0.4 is 20.6 Å². The number of halogens is 2. The van der Waals surface area contributed by atoms with Gasteiger partial charge in [0, 0.05) is 11.6 Å². The maximum Gasteiger partial charge on any atom is 0.347 e. The van der Waals surface area contributed by atoms with E-state index in [1.165, 1.54) is 18.2 Å². The molecule has 1 aromatic carbocycles. The average molecular weight is 422 g/mol. The Kier molecular flexibility index (Phi) is 5.44. The number of ether oxygens (including phenoxy) is 1. The van der Waals surface area contributed by atoms with E-state index in [9.17, 15) is 9.59 Å². The van der Waals surface area contributed by atoms with Gasteiger partial charge in [0.05, 0.1) is 27.1 Å². The number of rotatable bonds is 4. The molecular weight excluding hydrogens is 405 g/mol. The fourth-order valence-electron chi connectivity index (χ4n) is 2.46. The molecule has 2 aromatic rings. The molecule has 1 aliphatic heterocycles. The summed E-state index contributed by atoms with van der Waals surface area (Å²) in [6, 6.07) is 4.02. The van der Waals surface area contributed by atoms with E-state index in [0.717, 1.165) is 5.01 Å². The number of benzene rings is 1. The van der Waals surface area contributed by atoms with E-state index >= 15 is 0 Å². The number of hydrogen-bond acceptors (Lipinski definition) is 5. The molecule has 2 N–H and O–H groups in total.